The molecule has 0 spiro atoms. The SMILES string of the molecule is CC1(C)CCCC1C(O)c1ccc2c(c1)CCO2. The molecule has 2 heteroatoms. The van der Waals surface area contributed by atoms with E-state index in [0.29, 0.717) is 5.92 Å². The maximum atomic E-state index is 10.6. The van der Waals surface area contributed by atoms with E-state index in [1.165, 1.54) is 18.4 Å². The van der Waals surface area contributed by atoms with Crippen molar-refractivity contribution in [2.24, 2.45) is 11.3 Å². The number of rotatable bonds is 2. The lowest BCUT2D eigenvalue weighted by Crippen LogP contribution is -2.24. The summed E-state index contributed by atoms with van der Waals surface area (Å²) in [6, 6.07) is 6.19. The largest absolute Gasteiger partial charge is 0.493 e. The van der Waals surface area contributed by atoms with Crippen molar-refractivity contribution in [1.29, 1.82) is 0 Å². The zero-order valence-electron chi connectivity index (χ0n) is 11.3. The quantitative estimate of drug-likeness (QED) is 0.865. The van der Waals surface area contributed by atoms with E-state index in [4.69, 9.17) is 4.74 Å². The van der Waals surface area contributed by atoms with Gasteiger partial charge in [0, 0.05) is 6.42 Å². The Hall–Kier alpha value is -1.02. The molecule has 1 heterocycles. The van der Waals surface area contributed by atoms with Gasteiger partial charge in [-0.05, 0) is 47.4 Å². The molecule has 3 rings (SSSR count). The highest BCUT2D eigenvalue weighted by molar-refractivity contribution is 5.40. The minimum absolute atomic E-state index is 0.259. The van der Waals surface area contributed by atoms with Crippen LogP contribution in [-0.2, 0) is 6.42 Å². The molecule has 1 aromatic rings. The first-order chi connectivity index (χ1) is 8.58. The average Bonchev–Trinajstić information content (AvgIpc) is 2.92. The Bertz CT molecular complexity index is 450. The van der Waals surface area contributed by atoms with Crippen LogP contribution in [0.15, 0.2) is 18.2 Å². The van der Waals surface area contributed by atoms with Crippen molar-refractivity contribution in [2.75, 3.05) is 6.61 Å². The van der Waals surface area contributed by atoms with Crippen molar-refractivity contribution in [3.05, 3.63) is 29.3 Å². The molecular formula is C16H22O2. The molecule has 98 valence electrons. The van der Waals surface area contributed by atoms with Gasteiger partial charge < -0.3 is 9.84 Å². The first-order valence-electron chi connectivity index (χ1n) is 7.02. The fraction of sp³-hybridized carbons (Fsp3) is 0.625. The van der Waals surface area contributed by atoms with E-state index >= 15 is 0 Å². The fourth-order valence-electron chi connectivity index (χ4n) is 3.56. The van der Waals surface area contributed by atoms with Crippen LogP contribution in [0, 0.1) is 11.3 Å². The Morgan fingerprint density at radius 1 is 1.39 bits per heavy atom. The zero-order chi connectivity index (χ0) is 12.8. The first-order valence-corrected chi connectivity index (χ1v) is 7.02. The molecule has 2 unspecified atom stereocenters. The Balaban J connectivity index is 1.86. The second-order valence-corrected chi connectivity index (χ2v) is 6.40. The molecule has 18 heavy (non-hydrogen) atoms. The summed E-state index contributed by atoms with van der Waals surface area (Å²) in [5.74, 6) is 1.38. The van der Waals surface area contributed by atoms with Crippen LogP contribution in [-0.4, -0.2) is 11.7 Å². The molecule has 0 radical (unpaired) electrons. The standard InChI is InChI=1S/C16H22O2/c1-16(2)8-3-4-13(16)15(17)12-5-6-14-11(10-12)7-9-18-14/h5-6,10,13,15,17H,3-4,7-9H2,1-2H3. The molecule has 1 aromatic carbocycles. The first kappa shape index (κ1) is 12.0. The van der Waals surface area contributed by atoms with Crippen LogP contribution in [0.1, 0.15) is 50.3 Å². The lowest BCUT2D eigenvalue weighted by Gasteiger charge is -2.31. The van der Waals surface area contributed by atoms with Crippen LogP contribution in [0.3, 0.4) is 0 Å². The Morgan fingerprint density at radius 2 is 2.22 bits per heavy atom. The summed E-state index contributed by atoms with van der Waals surface area (Å²) in [5, 5.41) is 10.6. The van der Waals surface area contributed by atoms with E-state index in [-0.39, 0.29) is 11.5 Å². The molecule has 0 bridgehead atoms. The van der Waals surface area contributed by atoms with Crippen molar-refractivity contribution in [3.63, 3.8) is 0 Å². The van der Waals surface area contributed by atoms with Crippen LogP contribution < -0.4 is 4.74 Å². The van der Waals surface area contributed by atoms with Crippen LogP contribution in [0.5, 0.6) is 5.75 Å². The molecule has 2 atom stereocenters. The Kier molecular flexibility index (Phi) is 2.86. The van der Waals surface area contributed by atoms with Gasteiger partial charge in [-0.3, -0.25) is 0 Å². The van der Waals surface area contributed by atoms with Gasteiger partial charge in [0.05, 0.1) is 12.7 Å². The summed E-state index contributed by atoms with van der Waals surface area (Å²) in [7, 11) is 0. The second kappa shape index (κ2) is 4.27. The lowest BCUT2D eigenvalue weighted by atomic mass is 9.76. The van der Waals surface area contributed by atoms with Crippen molar-refractivity contribution in [2.45, 2.75) is 45.6 Å². The van der Waals surface area contributed by atoms with Gasteiger partial charge in [0.25, 0.3) is 0 Å². The number of aliphatic hydroxyl groups is 1. The average molecular weight is 246 g/mol. The number of hydrogen-bond donors (Lipinski definition) is 1. The van der Waals surface area contributed by atoms with Gasteiger partial charge in [0.2, 0.25) is 0 Å². The second-order valence-electron chi connectivity index (χ2n) is 6.40. The lowest BCUT2D eigenvalue weighted by molar-refractivity contribution is 0.0531. The van der Waals surface area contributed by atoms with Crippen LogP contribution >= 0.6 is 0 Å². The van der Waals surface area contributed by atoms with Crippen molar-refractivity contribution in [3.8, 4) is 5.75 Å². The minimum atomic E-state index is -0.326. The normalized spacial score (nSPS) is 26.7. The third-order valence-electron chi connectivity index (χ3n) is 4.78. The fourth-order valence-corrected chi connectivity index (χ4v) is 3.56. The van der Waals surface area contributed by atoms with E-state index in [9.17, 15) is 5.11 Å². The van der Waals surface area contributed by atoms with Gasteiger partial charge in [-0.1, -0.05) is 26.3 Å². The summed E-state index contributed by atoms with van der Waals surface area (Å²) in [6.45, 7) is 5.35. The maximum absolute atomic E-state index is 10.6. The van der Waals surface area contributed by atoms with Crippen LogP contribution in [0.2, 0.25) is 0 Å². The summed E-state index contributed by atoms with van der Waals surface area (Å²) in [6.07, 6.45) is 4.26. The molecule has 1 N–H and O–H groups in total. The van der Waals surface area contributed by atoms with E-state index in [1.54, 1.807) is 0 Å². The smallest absolute Gasteiger partial charge is 0.122 e. The van der Waals surface area contributed by atoms with Crippen molar-refractivity contribution in [1.82, 2.24) is 0 Å². The molecule has 2 nitrogen and oxygen atoms in total. The number of hydrogen-bond acceptors (Lipinski definition) is 2. The molecule has 2 aliphatic rings. The van der Waals surface area contributed by atoms with E-state index in [0.717, 1.165) is 30.8 Å². The number of aliphatic hydroxyl groups excluding tert-OH is 1. The van der Waals surface area contributed by atoms with Gasteiger partial charge in [-0.2, -0.15) is 0 Å². The van der Waals surface area contributed by atoms with Gasteiger partial charge in [0.1, 0.15) is 5.75 Å². The third-order valence-corrected chi connectivity index (χ3v) is 4.78. The molecule has 1 saturated carbocycles. The van der Waals surface area contributed by atoms with Crippen molar-refractivity contribution < 1.29 is 9.84 Å². The summed E-state index contributed by atoms with van der Waals surface area (Å²) >= 11 is 0. The highest BCUT2D eigenvalue weighted by Gasteiger charge is 2.39. The summed E-state index contributed by atoms with van der Waals surface area (Å²) in [4.78, 5) is 0. The molecule has 1 aliphatic carbocycles. The Labute approximate surface area is 109 Å². The minimum Gasteiger partial charge on any atom is -0.493 e. The van der Waals surface area contributed by atoms with Crippen LogP contribution in [0.4, 0.5) is 0 Å². The van der Waals surface area contributed by atoms with Crippen molar-refractivity contribution >= 4 is 0 Å². The van der Waals surface area contributed by atoms with E-state index in [2.05, 4.69) is 19.9 Å². The summed E-state index contributed by atoms with van der Waals surface area (Å²) in [5.41, 5.74) is 2.58. The highest BCUT2D eigenvalue weighted by atomic mass is 16.5. The topological polar surface area (TPSA) is 29.5 Å². The predicted octanol–water partition coefficient (Wildman–Crippen LogP) is 3.48. The molecule has 1 fully saturated rings. The monoisotopic (exact) mass is 246 g/mol. The maximum Gasteiger partial charge on any atom is 0.122 e. The number of fused-ring (bicyclic) bond motifs is 1. The number of ether oxygens (including phenoxy) is 1. The summed E-state index contributed by atoms with van der Waals surface area (Å²) < 4.78 is 5.52. The van der Waals surface area contributed by atoms with Gasteiger partial charge in [0.15, 0.2) is 0 Å². The molecule has 1 aliphatic heterocycles. The molecule has 0 saturated heterocycles. The van der Waals surface area contributed by atoms with Gasteiger partial charge in [-0.25, -0.2) is 0 Å². The van der Waals surface area contributed by atoms with E-state index in [1.807, 2.05) is 12.1 Å². The van der Waals surface area contributed by atoms with Gasteiger partial charge in [-0.15, -0.1) is 0 Å². The van der Waals surface area contributed by atoms with E-state index < -0.39 is 0 Å². The zero-order valence-corrected chi connectivity index (χ0v) is 11.3. The van der Waals surface area contributed by atoms with Gasteiger partial charge >= 0.3 is 0 Å². The van der Waals surface area contributed by atoms with Crippen LogP contribution in [0.25, 0.3) is 0 Å². The molecule has 0 aromatic heterocycles. The Morgan fingerprint density at radius 3 is 2.94 bits per heavy atom. The predicted molar refractivity (Wildman–Crippen MR) is 71.7 cm³/mol. The molecule has 0 amide bonds. The number of benzene rings is 1. The highest BCUT2D eigenvalue weighted by Crippen LogP contribution is 2.49. The molecular weight excluding hydrogens is 224 g/mol. The third kappa shape index (κ3) is 1.93.